The number of nitriles is 1. The second-order valence-electron chi connectivity index (χ2n) is 8.94. The van der Waals surface area contributed by atoms with E-state index < -0.39 is 35.9 Å². The first-order valence-electron chi connectivity index (χ1n) is 11.7. The van der Waals surface area contributed by atoms with E-state index in [2.05, 4.69) is 0 Å². The first-order chi connectivity index (χ1) is 18.6. The van der Waals surface area contributed by atoms with Gasteiger partial charge in [-0.25, -0.2) is 17.6 Å². The molecule has 2 aliphatic rings. The van der Waals surface area contributed by atoms with Crippen LogP contribution in [0.25, 0.3) is 21.2 Å². The Morgan fingerprint density at radius 3 is 2.74 bits per heavy atom. The number of alkyl halides is 2. The van der Waals surface area contributed by atoms with Crippen molar-refractivity contribution in [1.82, 2.24) is 9.80 Å². The summed E-state index contributed by atoms with van der Waals surface area (Å²) >= 11 is 7.50. The lowest BCUT2D eigenvalue weighted by molar-refractivity contribution is -0.128. The van der Waals surface area contributed by atoms with Crippen LogP contribution in [0.15, 0.2) is 30.4 Å². The molecular formula is C26H19ClF4N4O3S. The van der Waals surface area contributed by atoms with Gasteiger partial charge in [-0.15, -0.1) is 11.3 Å². The van der Waals surface area contributed by atoms with Gasteiger partial charge in [0.1, 0.15) is 22.7 Å². The number of halogens is 5. The molecule has 39 heavy (non-hydrogen) atoms. The number of piperazine rings is 1. The molecule has 3 aromatic rings. The number of anilines is 1. The van der Waals surface area contributed by atoms with Crippen LogP contribution in [0.4, 0.5) is 22.6 Å². The lowest BCUT2D eigenvalue weighted by atomic mass is 9.95. The van der Waals surface area contributed by atoms with E-state index >= 15 is 4.39 Å². The van der Waals surface area contributed by atoms with Crippen molar-refractivity contribution < 1.29 is 31.9 Å². The zero-order chi connectivity index (χ0) is 28.0. The van der Waals surface area contributed by atoms with Crippen molar-refractivity contribution in [3.8, 4) is 22.9 Å². The van der Waals surface area contributed by atoms with Crippen molar-refractivity contribution >= 4 is 49.8 Å². The summed E-state index contributed by atoms with van der Waals surface area (Å²) in [5, 5.41) is 9.57. The quantitative estimate of drug-likeness (QED) is 0.340. The van der Waals surface area contributed by atoms with Crippen LogP contribution >= 0.6 is 22.9 Å². The molecule has 13 heteroatoms. The summed E-state index contributed by atoms with van der Waals surface area (Å²) in [6, 6.07) is 4.84. The summed E-state index contributed by atoms with van der Waals surface area (Å²) in [6.45, 7) is 0.337. The monoisotopic (exact) mass is 578 g/mol. The molecule has 2 aliphatic heterocycles. The predicted octanol–water partition coefficient (Wildman–Crippen LogP) is 5.21. The Hall–Kier alpha value is -3.82. The summed E-state index contributed by atoms with van der Waals surface area (Å²) in [6.07, 6.45) is -1.17. The standard InChI is InChI=1S/C26H19ClF4N4O3S/c27-22-21(13-1-2-16(28)24-20(13)15(10-32)25(33)39-24)17(29)9-14-23(22)38-8-5-12-11-34(6-7-35(12)26(14)37)19(36)4-3-18(30)31/h1-4,9,12,18H,5-8,11,33H2/b4-3+/t12-/m0/s1. The minimum Gasteiger partial charge on any atom is -0.491 e. The average Bonchev–Trinajstić information content (AvgIpc) is 3.25. The van der Waals surface area contributed by atoms with Crippen LogP contribution in [0.2, 0.25) is 5.02 Å². The number of hydrogen-bond donors (Lipinski definition) is 1. The second kappa shape index (κ2) is 10.4. The van der Waals surface area contributed by atoms with Crippen LogP contribution < -0.4 is 10.5 Å². The van der Waals surface area contributed by atoms with Crippen LogP contribution in [0.5, 0.6) is 5.75 Å². The van der Waals surface area contributed by atoms with E-state index in [0.717, 1.165) is 29.5 Å². The zero-order valence-electron chi connectivity index (χ0n) is 20.0. The number of carbonyl (C=O) groups excluding carboxylic acids is 2. The number of fused-ring (bicyclic) bond motifs is 3. The topological polar surface area (TPSA) is 99.7 Å². The maximum atomic E-state index is 15.7. The molecule has 1 fully saturated rings. The summed E-state index contributed by atoms with van der Waals surface area (Å²) in [4.78, 5) is 28.7. The van der Waals surface area contributed by atoms with Crippen molar-refractivity contribution in [2.24, 2.45) is 0 Å². The fraction of sp³-hybridized carbons (Fsp3) is 0.269. The second-order valence-corrected chi connectivity index (χ2v) is 10.4. The molecule has 0 spiro atoms. The number of ether oxygens (including phenoxy) is 1. The van der Waals surface area contributed by atoms with Gasteiger partial charge in [-0.05, 0) is 23.8 Å². The predicted molar refractivity (Wildman–Crippen MR) is 138 cm³/mol. The van der Waals surface area contributed by atoms with Crippen LogP contribution in [-0.2, 0) is 4.79 Å². The molecule has 0 radical (unpaired) electrons. The maximum absolute atomic E-state index is 15.7. The molecule has 2 aromatic carbocycles. The largest absolute Gasteiger partial charge is 0.491 e. The Morgan fingerprint density at radius 2 is 2.03 bits per heavy atom. The maximum Gasteiger partial charge on any atom is 0.258 e. The molecule has 1 saturated heterocycles. The lowest BCUT2D eigenvalue weighted by Crippen LogP contribution is -2.57. The number of nitrogens with two attached hydrogens (primary N) is 1. The first-order valence-corrected chi connectivity index (χ1v) is 12.9. The normalized spacial score (nSPS) is 17.6. The van der Waals surface area contributed by atoms with Crippen LogP contribution in [-0.4, -0.2) is 60.3 Å². The number of hydrogen-bond acceptors (Lipinski definition) is 6. The molecule has 0 saturated carbocycles. The van der Waals surface area contributed by atoms with Gasteiger partial charge in [-0.3, -0.25) is 9.59 Å². The molecule has 1 aromatic heterocycles. The third-order valence-corrected chi connectivity index (χ3v) is 8.13. The number of thiophene rings is 1. The van der Waals surface area contributed by atoms with Crippen molar-refractivity contribution in [2.75, 3.05) is 32.0 Å². The lowest BCUT2D eigenvalue weighted by Gasteiger charge is -2.42. The van der Waals surface area contributed by atoms with E-state index in [4.69, 9.17) is 22.1 Å². The molecule has 0 bridgehead atoms. The molecule has 3 heterocycles. The van der Waals surface area contributed by atoms with Crippen molar-refractivity contribution in [3.05, 3.63) is 58.1 Å². The zero-order valence-corrected chi connectivity index (χ0v) is 21.6. The fourth-order valence-electron chi connectivity index (χ4n) is 4.94. The van der Waals surface area contributed by atoms with Gasteiger partial charge in [0.05, 0.1) is 33.5 Å². The number of allylic oxidation sites excluding steroid dienone is 1. The van der Waals surface area contributed by atoms with Crippen LogP contribution in [0.3, 0.4) is 0 Å². The Kier molecular flexibility index (Phi) is 7.13. The number of benzene rings is 2. The number of nitrogen functional groups attached to an aromatic ring is 1. The highest BCUT2D eigenvalue weighted by Gasteiger charge is 2.37. The smallest absolute Gasteiger partial charge is 0.258 e. The summed E-state index contributed by atoms with van der Waals surface area (Å²) < 4.78 is 61.1. The number of carbonyl (C=O) groups is 2. The van der Waals surface area contributed by atoms with Crippen molar-refractivity contribution in [1.29, 1.82) is 5.26 Å². The Balaban J connectivity index is 1.54. The third kappa shape index (κ3) is 4.66. The van der Waals surface area contributed by atoms with Gasteiger partial charge < -0.3 is 20.3 Å². The van der Waals surface area contributed by atoms with Gasteiger partial charge in [0.25, 0.3) is 12.3 Å². The van der Waals surface area contributed by atoms with Crippen LogP contribution in [0.1, 0.15) is 22.3 Å². The molecule has 5 rings (SSSR count). The molecule has 2 N–H and O–H groups in total. The molecule has 2 amide bonds. The van der Waals surface area contributed by atoms with Gasteiger partial charge in [-0.1, -0.05) is 17.7 Å². The minimum absolute atomic E-state index is 0.0117. The molecule has 0 unspecified atom stereocenters. The van der Waals surface area contributed by atoms with E-state index in [1.165, 1.54) is 15.9 Å². The number of amides is 2. The highest BCUT2D eigenvalue weighted by Crippen LogP contribution is 2.47. The molecule has 0 aliphatic carbocycles. The summed E-state index contributed by atoms with van der Waals surface area (Å²) in [5.41, 5.74) is 5.73. The van der Waals surface area contributed by atoms with E-state index in [-0.39, 0.29) is 80.8 Å². The van der Waals surface area contributed by atoms with E-state index in [1.54, 1.807) is 0 Å². The Bertz CT molecular complexity index is 1590. The molecule has 1 atom stereocenters. The SMILES string of the molecule is N#Cc1c(N)sc2c(F)ccc(-c3c(F)cc4c(c3Cl)OCC[C@H]3CN(C(=O)/C=C/C(F)F)CCN3C4=O)c12. The van der Waals surface area contributed by atoms with Gasteiger partial charge >= 0.3 is 0 Å². The highest BCUT2D eigenvalue weighted by molar-refractivity contribution is 7.23. The summed E-state index contributed by atoms with van der Waals surface area (Å²) in [5.74, 6) is -2.75. The Labute approximate surface area is 228 Å². The van der Waals surface area contributed by atoms with Crippen LogP contribution in [0, 0.1) is 23.0 Å². The average molecular weight is 579 g/mol. The highest BCUT2D eigenvalue weighted by atomic mass is 35.5. The van der Waals surface area contributed by atoms with Gasteiger partial charge in [-0.2, -0.15) is 5.26 Å². The van der Waals surface area contributed by atoms with E-state index in [0.29, 0.717) is 6.08 Å². The van der Waals surface area contributed by atoms with Gasteiger partial charge in [0.2, 0.25) is 5.91 Å². The van der Waals surface area contributed by atoms with E-state index in [9.17, 15) is 28.0 Å². The molecular weight excluding hydrogens is 560 g/mol. The minimum atomic E-state index is -2.76. The first kappa shape index (κ1) is 26.8. The molecule has 7 nitrogen and oxygen atoms in total. The number of rotatable bonds is 3. The van der Waals surface area contributed by atoms with Gasteiger partial charge in [0, 0.05) is 43.1 Å². The van der Waals surface area contributed by atoms with Gasteiger partial charge in [0.15, 0.2) is 5.75 Å². The third-order valence-electron chi connectivity index (χ3n) is 6.74. The number of nitrogens with zero attached hydrogens (tertiary/aromatic N) is 3. The Morgan fingerprint density at radius 1 is 1.26 bits per heavy atom. The van der Waals surface area contributed by atoms with E-state index in [1.807, 2.05) is 6.07 Å². The molecule has 202 valence electrons. The summed E-state index contributed by atoms with van der Waals surface area (Å²) in [7, 11) is 0. The van der Waals surface area contributed by atoms with Crippen molar-refractivity contribution in [3.63, 3.8) is 0 Å². The van der Waals surface area contributed by atoms with Crippen molar-refractivity contribution in [2.45, 2.75) is 18.9 Å². The fourth-order valence-corrected chi connectivity index (χ4v) is 6.24.